The van der Waals surface area contributed by atoms with Crippen LogP contribution in [0, 0.1) is 47.3 Å². The molecule has 12 amide bonds. The summed E-state index contributed by atoms with van der Waals surface area (Å²) in [7, 11) is 0. The molecule has 4 aromatic rings. The number of anilines is 2. The molecule has 8 aliphatic rings. The van der Waals surface area contributed by atoms with Gasteiger partial charge >= 0.3 is 6.03 Å². The summed E-state index contributed by atoms with van der Waals surface area (Å²) in [5, 5.41) is 114. The quantitative estimate of drug-likeness (QED) is 0.00993. The number of hydrogen-bond donors (Lipinski definition) is 19. The highest BCUT2D eigenvalue weighted by Crippen LogP contribution is 2.60. The predicted octanol–water partition coefficient (Wildman–Crippen LogP) is 2.65. The number of rotatable bonds is 48. The van der Waals surface area contributed by atoms with Gasteiger partial charge in [-0.05, 0) is 196 Å². The molecule has 3 saturated carbocycles. The van der Waals surface area contributed by atoms with Crippen molar-refractivity contribution in [3.05, 3.63) is 129 Å². The van der Waals surface area contributed by atoms with Crippen molar-refractivity contribution in [1.29, 1.82) is 0 Å². The van der Waals surface area contributed by atoms with Gasteiger partial charge in [0.05, 0.1) is 101 Å². The van der Waals surface area contributed by atoms with Crippen LogP contribution in [0.4, 0.5) is 16.2 Å². The van der Waals surface area contributed by atoms with Crippen molar-refractivity contribution in [2.75, 3.05) is 109 Å². The molecule has 3 heterocycles. The number of benzene rings is 4. The zero-order valence-corrected chi connectivity index (χ0v) is 85.9. The Kier molecular flexibility index (Phi) is 42.8. The molecule has 2 saturated heterocycles. The Labute approximate surface area is 863 Å². The highest BCUT2D eigenvalue weighted by Gasteiger charge is 2.60. The van der Waals surface area contributed by atoms with Crippen LogP contribution in [-0.4, -0.2) is 308 Å². The summed E-state index contributed by atoms with van der Waals surface area (Å²) in [6.07, 6.45) is -7.90. The molecule has 4 aromatic carbocycles. The van der Waals surface area contributed by atoms with Gasteiger partial charge < -0.3 is 138 Å². The smallest absolute Gasteiger partial charge is 0.312 e. The number of nitrogens with one attached hydrogen (secondary N) is 9. The number of para-hydroxylation sites is 1. The van der Waals surface area contributed by atoms with E-state index in [0.29, 0.717) is 75.7 Å². The molecule has 5 fully saturated rings. The van der Waals surface area contributed by atoms with Crippen LogP contribution in [0.1, 0.15) is 221 Å². The van der Waals surface area contributed by atoms with Gasteiger partial charge in [0.1, 0.15) is 91.4 Å². The molecule has 812 valence electrons. The number of imide groups is 1. The van der Waals surface area contributed by atoms with Gasteiger partial charge in [0.25, 0.3) is 0 Å². The fourth-order valence-corrected chi connectivity index (χ4v) is 22.4. The lowest BCUT2D eigenvalue weighted by Gasteiger charge is -2.56. The van der Waals surface area contributed by atoms with E-state index in [-0.39, 0.29) is 183 Å². The molecule has 0 spiro atoms. The van der Waals surface area contributed by atoms with E-state index in [1.807, 2.05) is 74.5 Å². The molecule has 0 aromatic heterocycles. The lowest BCUT2D eigenvalue weighted by Crippen LogP contribution is -2.64. The van der Waals surface area contributed by atoms with Crippen molar-refractivity contribution in [1.82, 2.24) is 42.5 Å². The van der Waals surface area contributed by atoms with Crippen molar-refractivity contribution >= 4 is 87.9 Å². The summed E-state index contributed by atoms with van der Waals surface area (Å²) in [6.45, 7) is 12.6. The summed E-state index contributed by atoms with van der Waals surface area (Å²) in [5.41, 5.74) is 12.5. The average molecular weight is 2070 g/mol. The summed E-state index contributed by atoms with van der Waals surface area (Å²) in [6, 6.07) is 20.7. The standard InChI is InChI=1S/C107H152N14O27/c1-63(2)87(98(137)115-75(25-17-46-112-103(108)140)95(134)116-76(59-122)97(136)113-70-35-32-67-34-37-82-105(5,72(67)57-70)42-19-44-107(82,7)102(139)119-101(138)106(6)43-18-41-104(4)71-56-64(3)28-29-66(71)33-36-81(104)106)118-96(135)74(114-84(126)40-48-141-50-52-143-54-55-144-53-51-142-49-47-111-83(125)38-39-86(128)121-58-69-22-12-11-20-65(69)30-31-68-21-13-14-26-77(68)121)24-15-16-45-110-85(127)62-145-78-27-10-8-9-23-73(88(78)120-109)117-99-92(132)91(131)94(80(61-124)146-99)148-100-93(133)90(130)89(129)79(60-123)147-100/h11-14,20-22,26,28-29,32,35,56-57,63,74-76,78-82,87,89-94,99-100,122-124,129-133H,8-10,15-19,23-25,27,33-34,36-55,58-62,109H2,1-7H3,(H,110,127)(H,111,125)(H,113,136)(H,114,126)(H,115,137)(H,116,134)(H,118,135)(H3,108,112,140)(H,119,138,139)/t74-,75+,76+,78?,79-,80-,81-,82-,87+,89-,90+,91-,92-,93-,94-,99+,100-,104-,105-,106+,107+/m1/s1. The third kappa shape index (κ3) is 29.5. The van der Waals surface area contributed by atoms with Gasteiger partial charge in [0.2, 0.25) is 59.1 Å². The first-order chi connectivity index (χ1) is 71.0. The number of fused-ring (bicyclic) bond motifs is 8. The zero-order chi connectivity index (χ0) is 107. The number of ether oxygens (including phenoxy) is 8. The van der Waals surface area contributed by atoms with E-state index in [2.05, 4.69) is 109 Å². The maximum Gasteiger partial charge on any atom is 0.312 e. The number of primary amides is 1. The van der Waals surface area contributed by atoms with Gasteiger partial charge in [-0.3, -0.25) is 58.3 Å². The molecular formula is C107H152N14O27. The Bertz CT molecular complexity index is 5370. The second-order valence-electron chi connectivity index (χ2n) is 41.3. The highest BCUT2D eigenvalue weighted by molar-refractivity contribution is 6.44. The maximum atomic E-state index is 15.1. The number of hydrazone groups is 1. The van der Waals surface area contributed by atoms with Crippen LogP contribution in [0.25, 0.3) is 0 Å². The van der Waals surface area contributed by atoms with Gasteiger partial charge in [0, 0.05) is 55.7 Å². The number of nitrogens with two attached hydrogens (primary N) is 2. The Morgan fingerprint density at radius 2 is 1.13 bits per heavy atom. The number of amides is 12. The van der Waals surface area contributed by atoms with Crippen LogP contribution in [0.15, 0.2) is 95.0 Å². The number of unbranched alkanes of at least 4 members (excludes halogenated alkanes) is 1. The van der Waals surface area contributed by atoms with Gasteiger partial charge in [0.15, 0.2) is 12.5 Å². The fraction of sp³-hybridized carbons (Fsp3) is 0.636. The Balaban J connectivity index is 0.629. The van der Waals surface area contributed by atoms with Crippen LogP contribution in [0.5, 0.6) is 0 Å². The fourth-order valence-electron chi connectivity index (χ4n) is 22.4. The van der Waals surface area contributed by atoms with Crippen LogP contribution in [0.2, 0.25) is 0 Å². The molecule has 148 heavy (non-hydrogen) atoms. The SMILES string of the molecule is Cc1ccc2c(c1)[C@@]1(C)CCC[C@](C)(C(=O)NC(=O)[C@@]3(C)CCC[C@]4(C)c5cc(NC(=O)[C@H](CO)NC(=O)[C@H](CCCNC(N)=O)NC(=O)[C@@H](NC(=O)[C@@H](CCCCNC(=O)COC6CCCCCC(=N[C@H]7O[C@H](CO)[C@@H](O[C@H]8O[C@H](CO)[C@@H](O)[C@H](O)[C@H]8O)[C@H](O)[C@H]7O)C6=NN)NC(=O)CCOCCOCCOCCOCCNC(=O)CCC(=O)N6Cc7ccccc7C#Cc7ccccc76)C(C)C)ccc5CC[C@@H]34)[C@@H]1CC2. The van der Waals surface area contributed by atoms with E-state index in [0.717, 1.165) is 59.9 Å². The van der Waals surface area contributed by atoms with Crippen molar-refractivity contribution in [2.24, 2.45) is 50.3 Å². The van der Waals surface area contributed by atoms with E-state index in [1.165, 1.54) is 16.7 Å². The summed E-state index contributed by atoms with van der Waals surface area (Å²) < 4.78 is 45.9. The van der Waals surface area contributed by atoms with E-state index in [9.17, 15) is 88.8 Å². The average Bonchev–Trinajstić information content (AvgIpc) is 0.717. The molecule has 3 aliphatic heterocycles. The van der Waals surface area contributed by atoms with Gasteiger partial charge in [-0.25, -0.2) is 4.79 Å². The maximum absolute atomic E-state index is 15.1. The minimum Gasteiger partial charge on any atom is -0.394 e. The number of urea groups is 1. The first-order valence-corrected chi connectivity index (χ1v) is 52.1. The third-order valence-corrected chi connectivity index (χ3v) is 30.7. The van der Waals surface area contributed by atoms with Crippen molar-refractivity contribution in [2.45, 2.75) is 305 Å². The molecule has 0 radical (unpaired) electrons. The third-order valence-electron chi connectivity index (χ3n) is 30.7. The lowest BCUT2D eigenvalue weighted by molar-refractivity contribution is -0.341. The molecule has 1 unspecified atom stereocenters. The normalized spacial score (nSPS) is 27.4. The van der Waals surface area contributed by atoms with Crippen molar-refractivity contribution in [3.8, 4) is 11.8 Å². The molecule has 21 N–H and O–H groups in total. The monoisotopic (exact) mass is 2070 g/mol. The second-order valence-corrected chi connectivity index (χ2v) is 41.3. The zero-order valence-electron chi connectivity index (χ0n) is 85.9. The Hall–Kier alpha value is -10.9. The Morgan fingerprint density at radius 3 is 1.78 bits per heavy atom. The number of aliphatic hydroxyl groups excluding tert-OH is 8. The van der Waals surface area contributed by atoms with Gasteiger partial charge in [-0.15, -0.1) is 0 Å². The van der Waals surface area contributed by atoms with Gasteiger partial charge in [-0.1, -0.05) is 139 Å². The molecule has 41 nitrogen and oxygen atoms in total. The first kappa shape index (κ1) is 116. The summed E-state index contributed by atoms with van der Waals surface area (Å²) in [5.74, 6) is 5.98. The van der Waals surface area contributed by atoms with Crippen molar-refractivity contribution < 1.29 is 131 Å². The highest BCUT2D eigenvalue weighted by atomic mass is 16.7. The van der Waals surface area contributed by atoms with E-state index >= 15 is 4.79 Å². The van der Waals surface area contributed by atoms with E-state index < -0.39 is 182 Å². The van der Waals surface area contributed by atoms with Crippen LogP contribution in [-0.2, 0) is 116 Å². The minimum absolute atomic E-state index is 0.00702. The molecule has 0 bridgehead atoms. The summed E-state index contributed by atoms with van der Waals surface area (Å²) in [4.78, 5) is 161. The minimum atomic E-state index is -1.88. The first-order valence-electron chi connectivity index (χ1n) is 52.1. The topological polar surface area (TPSA) is 612 Å². The number of hydrogen-bond acceptors (Lipinski definition) is 30. The Morgan fingerprint density at radius 1 is 0.534 bits per heavy atom. The lowest BCUT2D eigenvalue weighted by atomic mass is 9.49. The van der Waals surface area contributed by atoms with Crippen LogP contribution >= 0.6 is 0 Å². The number of aryl methyl sites for hydroxylation is 3. The van der Waals surface area contributed by atoms with Crippen LogP contribution < -0.4 is 64.3 Å². The molecule has 5 aliphatic carbocycles. The van der Waals surface area contributed by atoms with E-state index in [1.54, 1.807) is 24.8 Å². The molecule has 41 heteroatoms. The van der Waals surface area contributed by atoms with E-state index in [4.69, 9.17) is 49.5 Å². The second kappa shape index (κ2) is 54.7. The molecular weight excluding hydrogens is 1910 g/mol. The number of nitrogens with zero attached hydrogens (tertiary/aromatic N) is 3. The van der Waals surface area contributed by atoms with Crippen LogP contribution in [0.3, 0.4) is 0 Å². The summed E-state index contributed by atoms with van der Waals surface area (Å²) >= 11 is 0. The number of carbonyl (C=O) groups is 11. The van der Waals surface area contributed by atoms with Gasteiger partial charge in [-0.2, -0.15) is 5.10 Å². The number of aliphatic hydroxyl groups is 8. The number of carbonyl (C=O) groups excluding carboxylic acids is 11. The number of aliphatic imine (C=N–C) groups is 1. The predicted molar refractivity (Wildman–Crippen MR) is 543 cm³/mol. The molecule has 12 rings (SSSR count). The largest absolute Gasteiger partial charge is 0.394 e. The van der Waals surface area contributed by atoms with Crippen molar-refractivity contribution in [3.63, 3.8) is 0 Å². The molecule has 21 atom stereocenters.